The van der Waals surface area contributed by atoms with Crippen molar-refractivity contribution >= 4 is 35.0 Å². The van der Waals surface area contributed by atoms with Crippen molar-refractivity contribution in [3.63, 3.8) is 0 Å². The molecule has 1 aromatic carbocycles. The molecule has 3 nitrogen and oxygen atoms in total. The van der Waals surface area contributed by atoms with Crippen molar-refractivity contribution in [3.8, 4) is 0 Å². The lowest BCUT2D eigenvalue weighted by atomic mass is 9.98. The standard InChI is InChI=1S/C13H14Cl2O3/c1-2-18-13(17)10-5-3-4-9(11(10)8-15)12(16)6-7-14/h3-5H,2,6-8H2,1H3. The van der Waals surface area contributed by atoms with Gasteiger partial charge in [-0.2, -0.15) is 0 Å². The highest BCUT2D eigenvalue weighted by Crippen LogP contribution is 2.20. The first-order valence-electron chi connectivity index (χ1n) is 5.59. The van der Waals surface area contributed by atoms with Gasteiger partial charge in [0, 0.05) is 23.7 Å². The Kier molecular flexibility index (Phi) is 6.16. The quantitative estimate of drug-likeness (QED) is 0.458. The molecule has 0 amide bonds. The summed E-state index contributed by atoms with van der Waals surface area (Å²) in [5.74, 6) is -0.261. The average Bonchev–Trinajstić information content (AvgIpc) is 2.38. The van der Waals surface area contributed by atoms with Crippen molar-refractivity contribution in [2.75, 3.05) is 12.5 Å². The van der Waals surface area contributed by atoms with Gasteiger partial charge in [-0.25, -0.2) is 4.79 Å². The zero-order valence-electron chi connectivity index (χ0n) is 10.0. The zero-order valence-corrected chi connectivity index (χ0v) is 11.6. The molecule has 98 valence electrons. The fourth-order valence-corrected chi connectivity index (χ4v) is 2.07. The van der Waals surface area contributed by atoms with E-state index in [0.29, 0.717) is 16.7 Å². The van der Waals surface area contributed by atoms with E-state index in [1.54, 1.807) is 25.1 Å². The number of halogens is 2. The molecule has 1 rings (SSSR count). The highest BCUT2D eigenvalue weighted by atomic mass is 35.5. The summed E-state index contributed by atoms with van der Waals surface area (Å²) in [4.78, 5) is 23.6. The van der Waals surface area contributed by atoms with Crippen LogP contribution in [0, 0.1) is 0 Å². The summed E-state index contributed by atoms with van der Waals surface area (Å²) >= 11 is 11.4. The van der Waals surface area contributed by atoms with Gasteiger partial charge in [0.25, 0.3) is 0 Å². The topological polar surface area (TPSA) is 43.4 Å². The zero-order chi connectivity index (χ0) is 13.5. The number of hydrogen-bond donors (Lipinski definition) is 0. The van der Waals surface area contributed by atoms with E-state index in [-0.39, 0.29) is 30.6 Å². The van der Waals surface area contributed by atoms with Crippen molar-refractivity contribution in [1.29, 1.82) is 0 Å². The largest absolute Gasteiger partial charge is 0.462 e. The van der Waals surface area contributed by atoms with Gasteiger partial charge < -0.3 is 4.74 Å². The van der Waals surface area contributed by atoms with Crippen LogP contribution in [0.4, 0.5) is 0 Å². The Labute approximate surface area is 116 Å². The molecule has 0 fully saturated rings. The third-order valence-electron chi connectivity index (χ3n) is 2.43. The van der Waals surface area contributed by atoms with Crippen LogP contribution in [0.2, 0.25) is 0 Å². The maximum atomic E-state index is 11.9. The minimum atomic E-state index is -0.464. The summed E-state index contributed by atoms with van der Waals surface area (Å²) in [6.45, 7) is 2.00. The maximum absolute atomic E-state index is 11.9. The van der Waals surface area contributed by atoms with Crippen LogP contribution in [0.5, 0.6) is 0 Å². The summed E-state index contributed by atoms with van der Waals surface area (Å²) in [5.41, 5.74) is 1.29. The summed E-state index contributed by atoms with van der Waals surface area (Å²) in [7, 11) is 0. The van der Waals surface area contributed by atoms with Gasteiger partial charge in [-0.15, -0.1) is 23.2 Å². The van der Waals surface area contributed by atoms with Crippen molar-refractivity contribution in [2.24, 2.45) is 0 Å². The van der Waals surface area contributed by atoms with E-state index in [4.69, 9.17) is 27.9 Å². The average molecular weight is 289 g/mol. The second-order valence-electron chi connectivity index (χ2n) is 3.55. The van der Waals surface area contributed by atoms with Gasteiger partial charge in [0.2, 0.25) is 0 Å². The van der Waals surface area contributed by atoms with Gasteiger partial charge in [0.05, 0.1) is 12.2 Å². The first kappa shape index (κ1) is 15.0. The monoisotopic (exact) mass is 288 g/mol. The number of benzene rings is 1. The van der Waals surface area contributed by atoms with E-state index in [0.717, 1.165) is 0 Å². The third kappa shape index (κ3) is 3.47. The van der Waals surface area contributed by atoms with Crippen LogP contribution < -0.4 is 0 Å². The molecule has 0 heterocycles. The van der Waals surface area contributed by atoms with Crippen LogP contribution in [0.3, 0.4) is 0 Å². The van der Waals surface area contributed by atoms with Crippen LogP contribution in [0.1, 0.15) is 39.6 Å². The minimum Gasteiger partial charge on any atom is -0.462 e. The maximum Gasteiger partial charge on any atom is 0.338 e. The summed E-state index contributed by atoms with van der Waals surface area (Å²) in [5, 5.41) is 0. The molecule has 0 aliphatic rings. The Morgan fingerprint density at radius 3 is 2.44 bits per heavy atom. The van der Waals surface area contributed by atoms with E-state index >= 15 is 0 Å². The van der Waals surface area contributed by atoms with Crippen LogP contribution in [0.15, 0.2) is 18.2 Å². The Bertz CT molecular complexity index is 408. The summed E-state index contributed by atoms with van der Waals surface area (Å²) in [6, 6.07) is 4.90. The lowest BCUT2D eigenvalue weighted by Gasteiger charge is -2.10. The second kappa shape index (κ2) is 7.39. The predicted octanol–water partition coefficient (Wildman–Crippen LogP) is 3.41. The molecule has 0 aliphatic heterocycles. The van der Waals surface area contributed by atoms with Gasteiger partial charge in [0.1, 0.15) is 0 Å². The fourth-order valence-electron chi connectivity index (χ4n) is 1.61. The molecular weight excluding hydrogens is 275 g/mol. The molecule has 0 spiro atoms. The Balaban J connectivity index is 3.17. The molecule has 0 radical (unpaired) electrons. The number of alkyl halides is 2. The van der Waals surface area contributed by atoms with Crippen molar-refractivity contribution in [3.05, 3.63) is 34.9 Å². The molecule has 0 saturated carbocycles. The number of carbonyl (C=O) groups is 2. The Hall–Kier alpha value is -1.06. The lowest BCUT2D eigenvalue weighted by molar-refractivity contribution is 0.0525. The predicted molar refractivity (Wildman–Crippen MR) is 71.6 cm³/mol. The molecule has 0 unspecified atom stereocenters. The number of rotatable bonds is 6. The van der Waals surface area contributed by atoms with Crippen LogP contribution >= 0.6 is 23.2 Å². The summed E-state index contributed by atoms with van der Waals surface area (Å²) in [6.07, 6.45) is 0.220. The SMILES string of the molecule is CCOC(=O)c1cccc(C(=O)CCCl)c1CCl. The fraction of sp³-hybridized carbons (Fsp3) is 0.385. The van der Waals surface area contributed by atoms with E-state index in [1.807, 2.05) is 0 Å². The molecule has 0 aromatic heterocycles. The highest BCUT2D eigenvalue weighted by Gasteiger charge is 2.18. The number of hydrogen-bond acceptors (Lipinski definition) is 3. The van der Waals surface area contributed by atoms with Gasteiger partial charge in [0.15, 0.2) is 5.78 Å². The van der Waals surface area contributed by atoms with E-state index in [2.05, 4.69) is 0 Å². The highest BCUT2D eigenvalue weighted by molar-refractivity contribution is 6.20. The minimum absolute atomic E-state index is 0.0817. The molecule has 1 aromatic rings. The van der Waals surface area contributed by atoms with E-state index in [9.17, 15) is 9.59 Å². The Morgan fingerprint density at radius 2 is 1.89 bits per heavy atom. The Morgan fingerprint density at radius 1 is 1.22 bits per heavy atom. The van der Waals surface area contributed by atoms with Crippen molar-refractivity contribution in [2.45, 2.75) is 19.2 Å². The third-order valence-corrected chi connectivity index (χ3v) is 2.88. The van der Waals surface area contributed by atoms with Crippen LogP contribution in [0.25, 0.3) is 0 Å². The molecule has 0 saturated heterocycles. The van der Waals surface area contributed by atoms with Crippen molar-refractivity contribution < 1.29 is 14.3 Å². The number of carbonyl (C=O) groups excluding carboxylic acids is 2. The summed E-state index contributed by atoms with van der Waals surface area (Å²) < 4.78 is 4.93. The number of ether oxygens (including phenoxy) is 1. The molecule has 0 N–H and O–H groups in total. The van der Waals surface area contributed by atoms with Gasteiger partial charge in [-0.3, -0.25) is 4.79 Å². The first-order valence-corrected chi connectivity index (χ1v) is 6.66. The van der Waals surface area contributed by atoms with E-state index < -0.39 is 5.97 Å². The number of esters is 1. The van der Waals surface area contributed by atoms with Crippen LogP contribution in [-0.4, -0.2) is 24.2 Å². The molecular formula is C13H14Cl2O3. The van der Waals surface area contributed by atoms with Crippen molar-refractivity contribution in [1.82, 2.24) is 0 Å². The van der Waals surface area contributed by atoms with Gasteiger partial charge in [-0.1, -0.05) is 12.1 Å². The first-order chi connectivity index (χ1) is 8.65. The van der Waals surface area contributed by atoms with Gasteiger partial charge in [-0.05, 0) is 18.6 Å². The second-order valence-corrected chi connectivity index (χ2v) is 4.19. The molecule has 5 heteroatoms. The normalized spacial score (nSPS) is 10.2. The van der Waals surface area contributed by atoms with Gasteiger partial charge >= 0.3 is 5.97 Å². The number of Topliss-reactive ketones (excluding diaryl/α,β-unsaturated/α-hetero) is 1. The molecule has 0 bridgehead atoms. The lowest BCUT2D eigenvalue weighted by Crippen LogP contribution is -2.12. The van der Waals surface area contributed by atoms with Crippen LogP contribution in [-0.2, 0) is 10.6 Å². The number of ketones is 1. The molecule has 18 heavy (non-hydrogen) atoms. The smallest absolute Gasteiger partial charge is 0.338 e. The molecule has 0 atom stereocenters. The molecule has 0 aliphatic carbocycles. The van der Waals surface area contributed by atoms with E-state index in [1.165, 1.54) is 0 Å².